The van der Waals surface area contributed by atoms with Gasteiger partial charge in [0.1, 0.15) is 11.6 Å². The molecule has 3 amide bonds. The van der Waals surface area contributed by atoms with Gasteiger partial charge in [0.15, 0.2) is 0 Å². The Hall–Kier alpha value is -2.83. The lowest BCUT2D eigenvalue weighted by atomic mass is 9.86. The van der Waals surface area contributed by atoms with E-state index in [9.17, 15) is 9.59 Å². The summed E-state index contributed by atoms with van der Waals surface area (Å²) >= 11 is 0. The zero-order valence-electron chi connectivity index (χ0n) is 21.2. The van der Waals surface area contributed by atoms with Gasteiger partial charge in [0.2, 0.25) is 5.91 Å². The first-order valence-corrected chi connectivity index (χ1v) is 13.2. The number of piperidine rings is 1. The van der Waals surface area contributed by atoms with Gasteiger partial charge in [-0.25, -0.2) is 4.79 Å². The third kappa shape index (κ3) is 6.65. The number of allylic oxidation sites excluding steroid dienone is 2. The highest BCUT2D eigenvalue weighted by Crippen LogP contribution is 2.32. The number of urea groups is 1. The summed E-state index contributed by atoms with van der Waals surface area (Å²) in [5.41, 5.74) is 8.38. The van der Waals surface area contributed by atoms with Crippen LogP contribution in [0.15, 0.2) is 35.3 Å². The summed E-state index contributed by atoms with van der Waals surface area (Å²) in [7, 11) is 0. The SMILES string of the molecule is CC(C)/C(N)=N/C(=O)N1CCC(COc2ccc(C3=CCC(C(=O)N4CCCC4)CC3)cc2)CC1. The first-order chi connectivity index (χ1) is 16.9. The summed E-state index contributed by atoms with van der Waals surface area (Å²) in [5, 5.41) is 0. The van der Waals surface area contributed by atoms with Crippen LogP contribution in [0.5, 0.6) is 5.75 Å². The van der Waals surface area contributed by atoms with Gasteiger partial charge in [-0.2, -0.15) is 4.99 Å². The molecule has 2 fully saturated rings. The molecule has 2 saturated heterocycles. The molecular formula is C28H40N4O3. The molecule has 1 aromatic carbocycles. The maximum Gasteiger partial charge on any atom is 0.345 e. The molecule has 1 unspecified atom stereocenters. The van der Waals surface area contributed by atoms with Gasteiger partial charge in [0, 0.05) is 38.0 Å². The van der Waals surface area contributed by atoms with Crippen LogP contribution in [0.3, 0.4) is 0 Å². The minimum atomic E-state index is -0.227. The van der Waals surface area contributed by atoms with E-state index in [1.165, 1.54) is 11.1 Å². The molecule has 7 nitrogen and oxygen atoms in total. The number of amidine groups is 1. The molecule has 2 heterocycles. The molecule has 1 aliphatic carbocycles. The van der Waals surface area contributed by atoms with Gasteiger partial charge in [-0.15, -0.1) is 0 Å². The van der Waals surface area contributed by atoms with Gasteiger partial charge in [-0.3, -0.25) is 4.79 Å². The number of hydrogen-bond donors (Lipinski definition) is 1. The number of rotatable bonds is 6. The van der Waals surface area contributed by atoms with Crippen molar-refractivity contribution < 1.29 is 14.3 Å². The fourth-order valence-electron chi connectivity index (χ4n) is 5.10. The maximum atomic E-state index is 12.7. The van der Waals surface area contributed by atoms with Crippen molar-refractivity contribution in [1.82, 2.24) is 9.80 Å². The highest BCUT2D eigenvalue weighted by atomic mass is 16.5. The Kier molecular flexibility index (Phi) is 8.47. The van der Waals surface area contributed by atoms with Gasteiger partial charge in [-0.05, 0) is 74.1 Å². The predicted octanol–water partition coefficient (Wildman–Crippen LogP) is 4.72. The molecule has 0 spiro atoms. The lowest BCUT2D eigenvalue weighted by molar-refractivity contribution is -0.134. The van der Waals surface area contributed by atoms with Crippen molar-refractivity contribution in [3.8, 4) is 5.75 Å². The number of carbonyl (C=O) groups is 2. The Morgan fingerprint density at radius 1 is 1.03 bits per heavy atom. The van der Waals surface area contributed by atoms with Gasteiger partial charge >= 0.3 is 6.03 Å². The molecule has 0 radical (unpaired) electrons. The number of ether oxygens (including phenoxy) is 1. The van der Waals surface area contributed by atoms with E-state index in [0.29, 0.717) is 37.4 Å². The minimum absolute atomic E-state index is 0.0755. The number of hydrogen-bond acceptors (Lipinski definition) is 3. The van der Waals surface area contributed by atoms with Crippen LogP contribution in [0.4, 0.5) is 4.79 Å². The number of nitrogens with two attached hydrogens (primary N) is 1. The van der Waals surface area contributed by atoms with Crippen LogP contribution in [0.2, 0.25) is 0 Å². The molecule has 0 aromatic heterocycles. The second-order valence-corrected chi connectivity index (χ2v) is 10.5. The molecule has 35 heavy (non-hydrogen) atoms. The lowest BCUT2D eigenvalue weighted by Gasteiger charge is -2.30. The molecule has 2 N–H and O–H groups in total. The molecule has 1 atom stereocenters. The first kappa shape index (κ1) is 25.3. The number of likely N-dealkylation sites (tertiary alicyclic amines) is 2. The van der Waals surface area contributed by atoms with Gasteiger partial charge < -0.3 is 20.3 Å². The zero-order chi connectivity index (χ0) is 24.8. The Bertz CT molecular complexity index is 939. The lowest BCUT2D eigenvalue weighted by Crippen LogP contribution is -2.39. The van der Waals surface area contributed by atoms with Crippen molar-refractivity contribution in [2.24, 2.45) is 28.5 Å². The van der Waals surface area contributed by atoms with Crippen LogP contribution in [-0.4, -0.2) is 60.4 Å². The van der Waals surface area contributed by atoms with Gasteiger partial charge in [0.05, 0.1) is 6.61 Å². The summed E-state index contributed by atoms with van der Waals surface area (Å²) < 4.78 is 6.06. The highest BCUT2D eigenvalue weighted by Gasteiger charge is 2.28. The average Bonchev–Trinajstić information content (AvgIpc) is 3.43. The van der Waals surface area contributed by atoms with E-state index in [1.54, 1.807) is 4.90 Å². The van der Waals surface area contributed by atoms with E-state index in [4.69, 9.17) is 10.5 Å². The first-order valence-electron chi connectivity index (χ1n) is 13.2. The second kappa shape index (κ2) is 11.7. The van der Waals surface area contributed by atoms with E-state index in [0.717, 1.165) is 63.8 Å². The molecule has 4 rings (SSSR count). The quantitative estimate of drug-likeness (QED) is 0.471. The normalized spacial score (nSPS) is 21.9. The summed E-state index contributed by atoms with van der Waals surface area (Å²) in [6, 6.07) is 8.11. The van der Waals surface area contributed by atoms with Crippen LogP contribution in [0, 0.1) is 17.8 Å². The maximum absolute atomic E-state index is 12.7. The Morgan fingerprint density at radius 2 is 1.71 bits per heavy atom. The highest BCUT2D eigenvalue weighted by molar-refractivity contribution is 5.93. The molecule has 1 aromatic rings. The van der Waals surface area contributed by atoms with E-state index in [2.05, 4.69) is 23.2 Å². The fourth-order valence-corrected chi connectivity index (χ4v) is 5.10. The van der Waals surface area contributed by atoms with Crippen molar-refractivity contribution in [3.63, 3.8) is 0 Å². The molecule has 7 heteroatoms. The number of nitrogens with zero attached hydrogens (tertiary/aromatic N) is 3. The van der Waals surface area contributed by atoms with E-state index >= 15 is 0 Å². The Balaban J connectivity index is 1.21. The number of benzene rings is 1. The van der Waals surface area contributed by atoms with E-state index < -0.39 is 0 Å². The van der Waals surface area contributed by atoms with Crippen LogP contribution in [0.25, 0.3) is 5.57 Å². The summed E-state index contributed by atoms with van der Waals surface area (Å²) in [6.45, 7) is 7.78. The summed E-state index contributed by atoms with van der Waals surface area (Å²) in [5.74, 6) is 2.27. The van der Waals surface area contributed by atoms with Crippen molar-refractivity contribution in [2.45, 2.75) is 58.8 Å². The third-order valence-electron chi connectivity index (χ3n) is 7.59. The number of aliphatic imine (C=N–C) groups is 1. The van der Waals surface area contributed by atoms with Crippen LogP contribution >= 0.6 is 0 Å². The topological polar surface area (TPSA) is 88.2 Å². The zero-order valence-corrected chi connectivity index (χ0v) is 21.2. The second-order valence-electron chi connectivity index (χ2n) is 10.5. The molecule has 190 valence electrons. The van der Waals surface area contributed by atoms with Crippen LogP contribution < -0.4 is 10.5 Å². The van der Waals surface area contributed by atoms with Gasteiger partial charge in [-0.1, -0.05) is 32.1 Å². The smallest absolute Gasteiger partial charge is 0.345 e. The minimum Gasteiger partial charge on any atom is -0.493 e. The average molecular weight is 481 g/mol. The van der Waals surface area contributed by atoms with Gasteiger partial charge in [0.25, 0.3) is 0 Å². The molecule has 0 saturated carbocycles. The van der Waals surface area contributed by atoms with E-state index in [1.807, 2.05) is 30.9 Å². The van der Waals surface area contributed by atoms with Crippen molar-refractivity contribution in [2.75, 3.05) is 32.8 Å². The molecule has 0 bridgehead atoms. The molecule has 3 aliphatic rings. The van der Waals surface area contributed by atoms with Crippen LogP contribution in [-0.2, 0) is 4.79 Å². The fraction of sp³-hybridized carbons (Fsp3) is 0.607. The Morgan fingerprint density at radius 3 is 2.31 bits per heavy atom. The number of carbonyl (C=O) groups excluding carboxylic acids is 2. The predicted molar refractivity (Wildman–Crippen MR) is 139 cm³/mol. The third-order valence-corrected chi connectivity index (χ3v) is 7.59. The Labute approximate surface area is 209 Å². The molecule has 2 aliphatic heterocycles. The summed E-state index contributed by atoms with van der Waals surface area (Å²) in [4.78, 5) is 32.8. The molecular weight excluding hydrogens is 440 g/mol. The standard InChI is InChI=1S/C28H40N4O3/c1-20(2)26(29)30-28(34)32-17-13-21(14-18-32)19-35-25-11-9-23(10-12-25)22-5-7-24(8-6-22)27(33)31-15-3-4-16-31/h5,9-12,20-21,24H,3-4,6-8,13-19H2,1-2H3,(H2,29,30,34). The van der Waals surface area contributed by atoms with Crippen LogP contribution in [0.1, 0.15) is 64.4 Å². The van der Waals surface area contributed by atoms with Crippen molar-refractivity contribution >= 4 is 23.3 Å². The summed E-state index contributed by atoms with van der Waals surface area (Å²) in [6.07, 6.45) is 9.11. The number of amides is 3. The van der Waals surface area contributed by atoms with E-state index in [-0.39, 0.29) is 17.9 Å². The largest absolute Gasteiger partial charge is 0.493 e. The van der Waals surface area contributed by atoms with Crippen molar-refractivity contribution in [1.29, 1.82) is 0 Å². The van der Waals surface area contributed by atoms with Crippen molar-refractivity contribution in [3.05, 3.63) is 35.9 Å². The monoisotopic (exact) mass is 480 g/mol.